The summed E-state index contributed by atoms with van der Waals surface area (Å²) in [6, 6.07) is 18.7. The van der Waals surface area contributed by atoms with Gasteiger partial charge in [0.1, 0.15) is 5.69 Å². The molecule has 0 aliphatic rings. The third-order valence-corrected chi connectivity index (χ3v) is 5.37. The van der Waals surface area contributed by atoms with Crippen LogP contribution in [0, 0.1) is 10.1 Å². The Labute approximate surface area is 206 Å². The van der Waals surface area contributed by atoms with E-state index in [9.17, 15) is 19.7 Å². The zero-order valence-electron chi connectivity index (χ0n) is 17.0. The lowest BCUT2D eigenvalue weighted by Crippen LogP contribution is -2.12. The fourth-order valence-corrected chi connectivity index (χ4v) is 3.25. The van der Waals surface area contributed by atoms with Crippen molar-refractivity contribution in [3.8, 4) is 0 Å². The van der Waals surface area contributed by atoms with Crippen LogP contribution in [0.4, 0.5) is 17.1 Å². The van der Waals surface area contributed by atoms with Gasteiger partial charge in [-0.05, 0) is 59.7 Å². The van der Waals surface area contributed by atoms with Gasteiger partial charge in [-0.1, -0.05) is 56.1 Å². The number of nitrogens with zero attached hydrogens (tertiary/aromatic N) is 1. The van der Waals surface area contributed by atoms with E-state index in [2.05, 4.69) is 42.5 Å². The van der Waals surface area contributed by atoms with Gasteiger partial charge in [0, 0.05) is 32.9 Å². The monoisotopic (exact) mass is 569 g/mol. The molecular formula is C24H17Br2N3O4. The van der Waals surface area contributed by atoms with Gasteiger partial charge in [0.15, 0.2) is 0 Å². The summed E-state index contributed by atoms with van der Waals surface area (Å²) in [5.74, 6) is -0.959. The van der Waals surface area contributed by atoms with Crippen molar-refractivity contribution < 1.29 is 14.5 Å². The molecule has 0 saturated carbocycles. The fraction of sp³-hybridized carbons (Fsp3) is 0. The molecular weight excluding hydrogens is 554 g/mol. The molecule has 3 aromatic rings. The number of amides is 2. The highest BCUT2D eigenvalue weighted by molar-refractivity contribution is 9.10. The van der Waals surface area contributed by atoms with E-state index in [0.717, 1.165) is 20.1 Å². The van der Waals surface area contributed by atoms with E-state index in [1.807, 2.05) is 48.5 Å². The molecule has 33 heavy (non-hydrogen) atoms. The molecule has 3 aromatic carbocycles. The second kappa shape index (κ2) is 11.3. The predicted molar refractivity (Wildman–Crippen MR) is 137 cm³/mol. The Morgan fingerprint density at radius 1 is 0.758 bits per heavy atom. The van der Waals surface area contributed by atoms with Gasteiger partial charge in [-0.2, -0.15) is 0 Å². The Bertz CT molecular complexity index is 1240. The molecule has 0 saturated heterocycles. The summed E-state index contributed by atoms with van der Waals surface area (Å²) in [5, 5.41) is 16.5. The number of anilines is 2. The first-order chi connectivity index (χ1) is 15.8. The maximum absolute atomic E-state index is 12.3. The number of carbonyl (C=O) groups is 2. The van der Waals surface area contributed by atoms with Gasteiger partial charge in [-0.15, -0.1) is 0 Å². The van der Waals surface area contributed by atoms with Crippen LogP contribution in [0.25, 0.3) is 12.2 Å². The number of benzene rings is 3. The molecule has 166 valence electrons. The van der Waals surface area contributed by atoms with E-state index in [1.165, 1.54) is 30.4 Å². The summed E-state index contributed by atoms with van der Waals surface area (Å²) in [4.78, 5) is 35.3. The smallest absolute Gasteiger partial charge is 0.292 e. The number of halogens is 2. The molecule has 0 aliphatic heterocycles. The maximum atomic E-state index is 12.3. The fourth-order valence-electron chi connectivity index (χ4n) is 2.72. The predicted octanol–water partition coefficient (Wildman–Crippen LogP) is 6.42. The van der Waals surface area contributed by atoms with Crippen LogP contribution in [0.2, 0.25) is 0 Å². The highest BCUT2D eigenvalue weighted by atomic mass is 79.9. The highest BCUT2D eigenvalue weighted by Gasteiger charge is 2.16. The van der Waals surface area contributed by atoms with E-state index in [0.29, 0.717) is 5.69 Å². The number of carbonyl (C=O) groups excluding carboxylic acids is 2. The SMILES string of the molecule is O=C(C=Cc1ccc(Br)cc1)Nc1ccc([N+](=O)[O-])c(NC(=O)C=Cc2ccc(Br)cc2)c1. The van der Waals surface area contributed by atoms with Gasteiger partial charge >= 0.3 is 0 Å². The number of rotatable bonds is 7. The van der Waals surface area contributed by atoms with Crippen LogP contribution in [0.5, 0.6) is 0 Å². The first kappa shape index (κ1) is 24.1. The summed E-state index contributed by atoms with van der Waals surface area (Å²) in [6.07, 6.45) is 5.86. The molecule has 7 nitrogen and oxygen atoms in total. The quantitative estimate of drug-likeness (QED) is 0.194. The first-order valence-electron chi connectivity index (χ1n) is 9.58. The Hall–Kier alpha value is -3.56. The van der Waals surface area contributed by atoms with Gasteiger partial charge in [0.25, 0.3) is 5.69 Å². The number of hydrogen-bond acceptors (Lipinski definition) is 4. The molecule has 0 aromatic heterocycles. The number of nitro groups is 1. The lowest BCUT2D eigenvalue weighted by molar-refractivity contribution is -0.383. The van der Waals surface area contributed by atoms with Crippen molar-refractivity contribution in [1.82, 2.24) is 0 Å². The van der Waals surface area contributed by atoms with Crippen molar-refractivity contribution in [1.29, 1.82) is 0 Å². The summed E-state index contributed by atoms with van der Waals surface area (Å²) >= 11 is 6.68. The average Bonchev–Trinajstić information content (AvgIpc) is 2.78. The molecule has 2 amide bonds. The summed E-state index contributed by atoms with van der Waals surface area (Å²) in [5.41, 5.74) is 1.62. The van der Waals surface area contributed by atoms with Crippen LogP contribution in [0.1, 0.15) is 11.1 Å². The Balaban J connectivity index is 1.71. The summed E-state index contributed by atoms with van der Waals surface area (Å²) in [7, 11) is 0. The molecule has 0 aliphatic carbocycles. The molecule has 0 radical (unpaired) electrons. The lowest BCUT2D eigenvalue weighted by Gasteiger charge is -2.07. The van der Waals surface area contributed by atoms with Crippen molar-refractivity contribution in [2.24, 2.45) is 0 Å². The van der Waals surface area contributed by atoms with Gasteiger partial charge in [0.2, 0.25) is 11.8 Å². The van der Waals surface area contributed by atoms with Crippen LogP contribution >= 0.6 is 31.9 Å². The van der Waals surface area contributed by atoms with Gasteiger partial charge < -0.3 is 10.6 Å². The highest BCUT2D eigenvalue weighted by Crippen LogP contribution is 2.28. The van der Waals surface area contributed by atoms with Crippen LogP contribution in [-0.2, 0) is 9.59 Å². The molecule has 0 spiro atoms. The van der Waals surface area contributed by atoms with Crippen LogP contribution < -0.4 is 10.6 Å². The first-order valence-corrected chi connectivity index (χ1v) is 11.2. The average molecular weight is 571 g/mol. The molecule has 0 unspecified atom stereocenters. The standard InChI is InChI=1S/C24H17Br2N3O4/c25-18-7-1-16(2-8-18)5-13-23(30)27-20-11-12-22(29(32)33)21(15-20)28-24(31)14-6-17-3-9-19(26)10-4-17/h1-15H,(H,27,30)(H,28,31). The van der Waals surface area contributed by atoms with Crippen molar-refractivity contribution in [2.75, 3.05) is 10.6 Å². The van der Waals surface area contributed by atoms with E-state index < -0.39 is 16.7 Å². The van der Waals surface area contributed by atoms with Gasteiger partial charge in [-0.25, -0.2) is 0 Å². The van der Waals surface area contributed by atoms with Crippen molar-refractivity contribution in [3.63, 3.8) is 0 Å². The minimum atomic E-state index is -0.604. The van der Waals surface area contributed by atoms with Crippen LogP contribution in [-0.4, -0.2) is 16.7 Å². The Kier molecular flexibility index (Phi) is 8.28. The molecule has 0 bridgehead atoms. The largest absolute Gasteiger partial charge is 0.322 e. The molecule has 3 rings (SSSR count). The van der Waals surface area contributed by atoms with E-state index >= 15 is 0 Å². The second-order valence-electron chi connectivity index (χ2n) is 6.74. The third-order valence-electron chi connectivity index (χ3n) is 4.31. The molecule has 9 heteroatoms. The van der Waals surface area contributed by atoms with Crippen molar-refractivity contribution in [2.45, 2.75) is 0 Å². The number of nitro benzene ring substituents is 1. The molecule has 0 heterocycles. The Morgan fingerprint density at radius 2 is 1.24 bits per heavy atom. The van der Waals surface area contributed by atoms with Gasteiger partial charge in [0.05, 0.1) is 4.92 Å². The maximum Gasteiger partial charge on any atom is 0.292 e. The van der Waals surface area contributed by atoms with Crippen LogP contribution in [0.3, 0.4) is 0 Å². The van der Waals surface area contributed by atoms with Crippen molar-refractivity contribution in [3.05, 3.63) is 109 Å². The zero-order valence-corrected chi connectivity index (χ0v) is 20.2. The minimum Gasteiger partial charge on any atom is -0.322 e. The topological polar surface area (TPSA) is 101 Å². The van der Waals surface area contributed by atoms with E-state index in [-0.39, 0.29) is 11.4 Å². The zero-order chi connectivity index (χ0) is 23.8. The summed E-state index contributed by atoms with van der Waals surface area (Å²) in [6.45, 7) is 0. The number of hydrogen-bond donors (Lipinski definition) is 2. The molecule has 0 fully saturated rings. The second-order valence-corrected chi connectivity index (χ2v) is 8.57. The van der Waals surface area contributed by atoms with Crippen molar-refractivity contribution >= 4 is 72.9 Å². The Morgan fingerprint density at radius 3 is 1.73 bits per heavy atom. The normalized spacial score (nSPS) is 11.0. The minimum absolute atomic E-state index is 0.0276. The lowest BCUT2D eigenvalue weighted by atomic mass is 10.2. The molecule has 0 atom stereocenters. The van der Waals surface area contributed by atoms with Gasteiger partial charge in [-0.3, -0.25) is 19.7 Å². The van der Waals surface area contributed by atoms with E-state index in [4.69, 9.17) is 0 Å². The molecule has 2 N–H and O–H groups in total. The third kappa shape index (κ3) is 7.51. The van der Waals surface area contributed by atoms with Crippen LogP contribution in [0.15, 0.2) is 87.8 Å². The summed E-state index contributed by atoms with van der Waals surface area (Å²) < 4.78 is 1.83. The number of nitrogens with one attached hydrogen (secondary N) is 2. The van der Waals surface area contributed by atoms with E-state index in [1.54, 1.807) is 12.2 Å².